The van der Waals surface area contributed by atoms with Gasteiger partial charge in [-0.15, -0.1) is 0 Å². The number of unbranched alkanes of at least 4 members (excludes halogenated alkanes) is 5. The van der Waals surface area contributed by atoms with Crippen LogP contribution in [-0.4, -0.2) is 46.7 Å². The van der Waals surface area contributed by atoms with E-state index >= 15 is 0 Å². The third kappa shape index (κ3) is 11.1. The lowest BCUT2D eigenvalue weighted by Crippen LogP contribution is -2.53. The minimum atomic E-state index is -0.964. The van der Waals surface area contributed by atoms with E-state index in [0.717, 1.165) is 54.5 Å². The number of carbonyl (C=O) groups excluding carboxylic acids is 3. The minimum Gasteiger partial charge on any atom is -0.444 e. The quantitative estimate of drug-likeness (QED) is 0.161. The highest BCUT2D eigenvalue weighted by atomic mass is 32.1. The zero-order valence-electron chi connectivity index (χ0n) is 25.9. The average Bonchev–Trinajstić information content (AvgIpc) is 2.90. The molecule has 0 aromatic heterocycles. The molecule has 0 aliphatic heterocycles. The summed E-state index contributed by atoms with van der Waals surface area (Å²) in [7, 11) is 0. The molecule has 0 fully saturated rings. The molecular weight excluding hydrogens is 534 g/mol. The molecule has 0 saturated heterocycles. The van der Waals surface area contributed by atoms with Crippen molar-refractivity contribution >= 4 is 36.2 Å². The Labute approximate surface area is 252 Å². The summed E-state index contributed by atoms with van der Waals surface area (Å²) < 4.78 is 5.41. The Morgan fingerprint density at radius 2 is 1.49 bits per heavy atom. The molecule has 2 aromatic carbocycles. The average molecular weight is 584 g/mol. The molecule has 8 heteroatoms. The molecule has 7 nitrogen and oxygen atoms in total. The SMILES string of the molecule is CCCCCCCCN(C(=O)C(CS)NC(=O)OC(C)(C)C)C(C(=O)Nc1c(C)cccc1C)c1ccc(C)cc1. The van der Waals surface area contributed by atoms with Crippen molar-refractivity contribution in [1.82, 2.24) is 10.2 Å². The molecule has 2 rings (SSSR count). The highest BCUT2D eigenvalue weighted by Crippen LogP contribution is 2.28. The molecule has 3 amide bonds. The van der Waals surface area contributed by atoms with Crippen LogP contribution in [0, 0.1) is 20.8 Å². The Morgan fingerprint density at radius 1 is 0.902 bits per heavy atom. The van der Waals surface area contributed by atoms with Crippen molar-refractivity contribution in [3.05, 3.63) is 64.7 Å². The van der Waals surface area contributed by atoms with E-state index in [1.54, 1.807) is 25.7 Å². The fraction of sp³-hybridized carbons (Fsp3) is 0.545. The summed E-state index contributed by atoms with van der Waals surface area (Å²) in [6.45, 7) is 13.7. The molecule has 226 valence electrons. The lowest BCUT2D eigenvalue weighted by Gasteiger charge is -2.34. The summed E-state index contributed by atoms with van der Waals surface area (Å²) in [5, 5.41) is 5.79. The van der Waals surface area contributed by atoms with Crippen molar-refractivity contribution in [2.24, 2.45) is 0 Å². The smallest absolute Gasteiger partial charge is 0.408 e. The molecule has 2 aromatic rings. The van der Waals surface area contributed by atoms with Crippen molar-refractivity contribution in [3.8, 4) is 0 Å². The third-order valence-corrected chi connectivity index (χ3v) is 7.25. The maximum Gasteiger partial charge on any atom is 0.408 e. The molecule has 2 N–H and O–H groups in total. The zero-order valence-corrected chi connectivity index (χ0v) is 26.8. The molecule has 2 atom stereocenters. The first-order valence-electron chi connectivity index (χ1n) is 14.7. The van der Waals surface area contributed by atoms with E-state index < -0.39 is 23.8 Å². The summed E-state index contributed by atoms with van der Waals surface area (Å²) in [5.41, 5.74) is 3.65. The van der Waals surface area contributed by atoms with Crippen molar-refractivity contribution in [2.45, 2.75) is 105 Å². The molecule has 0 aliphatic carbocycles. The van der Waals surface area contributed by atoms with Gasteiger partial charge in [0.2, 0.25) is 5.91 Å². The number of hydrogen-bond acceptors (Lipinski definition) is 5. The normalized spacial score (nSPS) is 12.8. The van der Waals surface area contributed by atoms with Crippen molar-refractivity contribution in [1.29, 1.82) is 0 Å². The molecule has 0 aliphatic rings. The van der Waals surface area contributed by atoms with Gasteiger partial charge in [0.05, 0.1) is 0 Å². The number of nitrogens with zero attached hydrogens (tertiary/aromatic N) is 1. The number of hydrogen-bond donors (Lipinski definition) is 3. The number of amides is 3. The largest absolute Gasteiger partial charge is 0.444 e. The number of thiol groups is 1. The van der Waals surface area contributed by atoms with E-state index in [-0.39, 0.29) is 17.6 Å². The van der Waals surface area contributed by atoms with Crippen molar-refractivity contribution in [3.63, 3.8) is 0 Å². The molecular formula is C33H49N3O4S. The Bertz CT molecular complexity index is 1120. The van der Waals surface area contributed by atoms with E-state index in [2.05, 4.69) is 30.2 Å². The van der Waals surface area contributed by atoms with Gasteiger partial charge in [-0.3, -0.25) is 9.59 Å². The standard InChI is InChI=1S/C33H49N3O4S/c1-8-9-10-11-12-13-21-36(31(38)27(22-41)34-32(39)40-33(5,6)7)29(26-19-17-23(2)18-20-26)30(37)35-28-24(3)15-14-16-25(28)4/h14-20,27,29,41H,8-13,21-22H2,1-7H3,(H,34,39)(H,35,37). The van der Waals surface area contributed by atoms with E-state index in [4.69, 9.17) is 4.74 Å². The van der Waals surface area contributed by atoms with Gasteiger partial charge in [0.1, 0.15) is 17.7 Å². The van der Waals surface area contributed by atoms with Gasteiger partial charge in [-0.1, -0.05) is 87.1 Å². The van der Waals surface area contributed by atoms with E-state index in [0.29, 0.717) is 12.1 Å². The molecule has 0 radical (unpaired) electrons. The maximum absolute atomic E-state index is 14.1. The van der Waals surface area contributed by atoms with Crippen LogP contribution in [0.25, 0.3) is 0 Å². The second-order valence-electron chi connectivity index (χ2n) is 11.8. The second-order valence-corrected chi connectivity index (χ2v) is 12.1. The van der Waals surface area contributed by atoms with Crippen molar-refractivity contribution < 1.29 is 19.1 Å². The lowest BCUT2D eigenvalue weighted by molar-refractivity contribution is -0.140. The number of ether oxygens (including phenoxy) is 1. The summed E-state index contributed by atoms with van der Waals surface area (Å²) in [6.07, 6.45) is 5.50. The monoisotopic (exact) mass is 583 g/mol. The maximum atomic E-state index is 14.1. The fourth-order valence-electron chi connectivity index (χ4n) is 4.69. The molecule has 41 heavy (non-hydrogen) atoms. The Balaban J connectivity index is 2.47. The Morgan fingerprint density at radius 3 is 2.05 bits per heavy atom. The number of alkyl carbamates (subject to hydrolysis) is 1. The second kappa shape index (κ2) is 16.4. The lowest BCUT2D eigenvalue weighted by atomic mass is 10.00. The topological polar surface area (TPSA) is 87.7 Å². The van der Waals surface area contributed by atoms with Crippen LogP contribution in [0.1, 0.15) is 94.5 Å². The number of anilines is 1. The number of rotatable bonds is 14. The molecule has 0 spiro atoms. The number of nitrogens with one attached hydrogen (secondary N) is 2. The Hall–Kier alpha value is -3.00. The zero-order chi connectivity index (χ0) is 30.6. The van der Waals surface area contributed by atoms with E-state index in [1.807, 2.05) is 63.2 Å². The van der Waals surface area contributed by atoms with Gasteiger partial charge in [0.25, 0.3) is 5.91 Å². The summed E-state index contributed by atoms with van der Waals surface area (Å²) in [5.74, 6) is -0.619. The first-order chi connectivity index (χ1) is 19.4. The molecule has 2 unspecified atom stereocenters. The van der Waals surface area contributed by atoms with Gasteiger partial charge in [-0.25, -0.2) is 4.79 Å². The van der Waals surface area contributed by atoms with Crippen LogP contribution in [0.2, 0.25) is 0 Å². The predicted molar refractivity (Wildman–Crippen MR) is 171 cm³/mol. The first-order valence-corrected chi connectivity index (χ1v) is 15.4. The molecule has 0 saturated carbocycles. The van der Waals surface area contributed by atoms with Gasteiger partial charge in [-0.2, -0.15) is 12.6 Å². The van der Waals surface area contributed by atoms with Gasteiger partial charge in [-0.05, 0) is 64.7 Å². The molecule has 0 bridgehead atoms. The number of carbonyl (C=O) groups is 3. The van der Waals surface area contributed by atoms with Crippen LogP contribution >= 0.6 is 12.6 Å². The van der Waals surface area contributed by atoms with Crippen molar-refractivity contribution in [2.75, 3.05) is 17.6 Å². The summed E-state index contributed by atoms with van der Waals surface area (Å²) in [4.78, 5) is 42.5. The van der Waals surface area contributed by atoms with Crippen LogP contribution < -0.4 is 10.6 Å². The number of benzene rings is 2. The van der Waals surface area contributed by atoms with Gasteiger partial charge in [0, 0.05) is 18.0 Å². The van der Waals surface area contributed by atoms with Crippen LogP contribution in [-0.2, 0) is 14.3 Å². The van der Waals surface area contributed by atoms with Crippen LogP contribution in [0.15, 0.2) is 42.5 Å². The van der Waals surface area contributed by atoms with Gasteiger partial charge < -0.3 is 20.3 Å². The summed E-state index contributed by atoms with van der Waals surface area (Å²) in [6, 6.07) is 11.6. The van der Waals surface area contributed by atoms with Crippen LogP contribution in [0.4, 0.5) is 10.5 Å². The first kappa shape index (κ1) is 34.2. The minimum absolute atomic E-state index is 0.0597. The van der Waals surface area contributed by atoms with E-state index in [1.165, 1.54) is 6.42 Å². The highest BCUT2D eigenvalue weighted by Gasteiger charge is 2.36. The third-order valence-electron chi connectivity index (χ3n) is 6.89. The number of aryl methyl sites for hydroxylation is 3. The number of para-hydroxylation sites is 1. The Kier molecular flexibility index (Phi) is 13.7. The highest BCUT2D eigenvalue weighted by molar-refractivity contribution is 7.80. The van der Waals surface area contributed by atoms with Crippen LogP contribution in [0.3, 0.4) is 0 Å². The van der Waals surface area contributed by atoms with Gasteiger partial charge >= 0.3 is 6.09 Å². The van der Waals surface area contributed by atoms with Crippen LogP contribution in [0.5, 0.6) is 0 Å². The van der Waals surface area contributed by atoms with E-state index in [9.17, 15) is 14.4 Å². The molecule has 0 heterocycles. The summed E-state index contributed by atoms with van der Waals surface area (Å²) >= 11 is 4.39. The predicted octanol–water partition coefficient (Wildman–Crippen LogP) is 7.30. The fourth-order valence-corrected chi connectivity index (χ4v) is 4.94. The van der Waals surface area contributed by atoms with Gasteiger partial charge in [0.15, 0.2) is 0 Å².